The number of amides is 1. The summed E-state index contributed by atoms with van der Waals surface area (Å²) in [6.45, 7) is 4.78. The summed E-state index contributed by atoms with van der Waals surface area (Å²) in [5.41, 5.74) is 0. The second-order valence-electron chi connectivity index (χ2n) is 29.8. The van der Waals surface area contributed by atoms with Gasteiger partial charge < -0.3 is 28.8 Å². The third-order valence-corrected chi connectivity index (χ3v) is 20.3. The maximum absolute atomic E-state index is 13.1. The Morgan fingerprint density at radius 3 is 0.913 bits per heavy atom. The molecule has 0 saturated carbocycles. The molecule has 2 N–H and O–H groups in total. The molecule has 92 heavy (non-hydrogen) atoms. The van der Waals surface area contributed by atoms with Crippen LogP contribution in [0.15, 0.2) is 36.5 Å². The fourth-order valence-electron chi connectivity index (χ4n) is 13.0. The molecular formula is C83H163N2O6P. The van der Waals surface area contributed by atoms with Gasteiger partial charge in [-0.15, -0.1) is 0 Å². The summed E-state index contributed by atoms with van der Waals surface area (Å²) >= 11 is 0. The van der Waals surface area contributed by atoms with E-state index in [1.54, 1.807) is 0 Å². The van der Waals surface area contributed by atoms with E-state index in [2.05, 4.69) is 55.6 Å². The number of carbonyl (C=O) groups excluding carboxylic acids is 1. The van der Waals surface area contributed by atoms with Crippen molar-refractivity contribution in [3.8, 4) is 0 Å². The lowest BCUT2D eigenvalue weighted by Crippen LogP contribution is -2.46. The number of likely N-dealkylation sites (N-methyl/N-ethyl adjacent to an activating group) is 1. The standard InChI is InChI=1S/C83H163N2O6P/c1-6-8-10-12-14-16-18-20-22-24-26-28-30-32-34-36-37-38-39-40-41-42-43-44-45-46-47-49-51-53-55-57-59-61-63-65-67-69-71-73-75-77-83(87)84-81(80-91-92(88,89)90-79-78-85(3,4)5)82(86)76-74-72-70-68-66-64-62-60-58-56-54-52-50-48-35-33-31-29-27-25-23-21-19-17-15-13-11-9-7-2/h18,20,24,26,30,32,81-82,86H,6-17,19,21-23,25,27-29,31,33-80H2,1-5H3,(H-,84,87,88,89)/b20-18-,26-24-,32-30-. The lowest BCUT2D eigenvalue weighted by atomic mass is 10.0. The van der Waals surface area contributed by atoms with E-state index >= 15 is 0 Å². The van der Waals surface area contributed by atoms with E-state index in [0.29, 0.717) is 23.9 Å². The first-order valence-electron chi connectivity index (χ1n) is 41.3. The number of allylic oxidation sites excluding steroid dienone is 6. The highest BCUT2D eigenvalue weighted by Gasteiger charge is 2.24. The molecule has 0 heterocycles. The van der Waals surface area contributed by atoms with E-state index < -0.39 is 20.0 Å². The van der Waals surface area contributed by atoms with Crippen LogP contribution in [-0.4, -0.2) is 68.5 Å². The summed E-state index contributed by atoms with van der Waals surface area (Å²) in [7, 11) is 1.33. The fourth-order valence-corrected chi connectivity index (χ4v) is 13.7. The molecular weight excluding hydrogens is 1150 g/mol. The van der Waals surface area contributed by atoms with Crippen LogP contribution in [0.1, 0.15) is 438 Å². The van der Waals surface area contributed by atoms with E-state index in [1.165, 1.54) is 360 Å². The van der Waals surface area contributed by atoms with Crippen molar-refractivity contribution in [1.29, 1.82) is 0 Å². The number of aliphatic hydroxyl groups is 1. The smallest absolute Gasteiger partial charge is 0.268 e. The Bertz CT molecular complexity index is 1600. The number of phosphoric acid groups is 1. The van der Waals surface area contributed by atoms with Crippen LogP contribution in [0, 0.1) is 0 Å². The van der Waals surface area contributed by atoms with Gasteiger partial charge in [-0.25, -0.2) is 0 Å². The first-order valence-corrected chi connectivity index (χ1v) is 42.8. The molecule has 0 saturated heterocycles. The topological polar surface area (TPSA) is 108 Å². The molecule has 0 aromatic carbocycles. The summed E-state index contributed by atoms with van der Waals surface area (Å²) in [6.07, 6.45) is 100.0. The number of nitrogens with one attached hydrogen (secondary N) is 1. The predicted molar refractivity (Wildman–Crippen MR) is 404 cm³/mol. The molecule has 546 valence electrons. The van der Waals surface area contributed by atoms with Gasteiger partial charge in [0.2, 0.25) is 5.91 Å². The Morgan fingerprint density at radius 1 is 0.380 bits per heavy atom. The van der Waals surface area contributed by atoms with Crippen molar-refractivity contribution >= 4 is 13.7 Å². The second kappa shape index (κ2) is 74.0. The number of hydrogen-bond acceptors (Lipinski definition) is 6. The number of unbranched alkanes of at least 4 members (excludes halogenated alkanes) is 59. The minimum absolute atomic E-state index is 0.0153. The Morgan fingerprint density at radius 2 is 0.630 bits per heavy atom. The minimum Gasteiger partial charge on any atom is -0.756 e. The van der Waals surface area contributed by atoms with Crippen molar-refractivity contribution in [2.45, 2.75) is 450 Å². The van der Waals surface area contributed by atoms with Crippen LogP contribution < -0.4 is 10.2 Å². The number of rotatable bonds is 78. The summed E-state index contributed by atoms with van der Waals surface area (Å²) < 4.78 is 23.6. The molecule has 3 atom stereocenters. The molecule has 0 aliphatic heterocycles. The van der Waals surface area contributed by atoms with Crippen LogP contribution in [0.3, 0.4) is 0 Å². The molecule has 0 aromatic heterocycles. The van der Waals surface area contributed by atoms with Crippen molar-refractivity contribution in [1.82, 2.24) is 5.32 Å². The van der Waals surface area contributed by atoms with Gasteiger partial charge in [0.15, 0.2) is 0 Å². The quantitative estimate of drug-likeness (QED) is 0.0272. The molecule has 0 radical (unpaired) electrons. The van der Waals surface area contributed by atoms with Gasteiger partial charge in [-0.2, -0.15) is 0 Å². The highest BCUT2D eigenvalue weighted by atomic mass is 31.2. The Labute approximate surface area is 576 Å². The van der Waals surface area contributed by atoms with E-state index in [9.17, 15) is 19.4 Å². The largest absolute Gasteiger partial charge is 0.756 e. The van der Waals surface area contributed by atoms with Crippen molar-refractivity contribution < 1.29 is 32.9 Å². The van der Waals surface area contributed by atoms with Crippen molar-refractivity contribution in [2.75, 3.05) is 40.9 Å². The van der Waals surface area contributed by atoms with Gasteiger partial charge in [0.05, 0.1) is 39.9 Å². The maximum Gasteiger partial charge on any atom is 0.268 e. The molecule has 0 aliphatic carbocycles. The molecule has 0 bridgehead atoms. The Kier molecular flexibility index (Phi) is 72.9. The molecule has 0 aliphatic rings. The van der Waals surface area contributed by atoms with Crippen molar-refractivity contribution in [2.24, 2.45) is 0 Å². The van der Waals surface area contributed by atoms with Crippen molar-refractivity contribution in [3.63, 3.8) is 0 Å². The predicted octanol–water partition coefficient (Wildman–Crippen LogP) is 26.5. The molecule has 3 unspecified atom stereocenters. The van der Waals surface area contributed by atoms with Crippen LogP contribution >= 0.6 is 7.82 Å². The van der Waals surface area contributed by atoms with E-state index in [-0.39, 0.29) is 19.1 Å². The summed E-state index contributed by atoms with van der Waals surface area (Å²) in [6, 6.07) is -0.800. The van der Waals surface area contributed by atoms with Gasteiger partial charge in [0, 0.05) is 6.42 Å². The number of aliphatic hydroxyl groups excluding tert-OH is 1. The lowest BCUT2D eigenvalue weighted by molar-refractivity contribution is -0.870. The van der Waals surface area contributed by atoms with Gasteiger partial charge in [-0.3, -0.25) is 9.36 Å². The van der Waals surface area contributed by atoms with Crippen LogP contribution in [0.25, 0.3) is 0 Å². The van der Waals surface area contributed by atoms with E-state index in [1.807, 2.05) is 21.1 Å². The third kappa shape index (κ3) is 76.1. The first-order chi connectivity index (χ1) is 45.0. The number of phosphoric ester groups is 1. The number of carbonyl (C=O) groups is 1. The summed E-state index contributed by atoms with van der Waals surface area (Å²) in [4.78, 5) is 25.8. The van der Waals surface area contributed by atoms with E-state index in [4.69, 9.17) is 9.05 Å². The summed E-state index contributed by atoms with van der Waals surface area (Å²) in [5.74, 6) is -0.154. The normalized spacial score (nSPS) is 13.6. The SMILES string of the molecule is CCCCCCC/C=C\C/C=C\C/C=C\CCCCCCCCCCCCCCCCCCCCCCCCCCCCC(=O)NC(COP(=O)([O-])OCC[N+](C)(C)C)C(O)CCCCCCCCCCCCCCCCCCCCCCCCCCCCCCC. The third-order valence-electron chi connectivity index (χ3n) is 19.4. The van der Waals surface area contributed by atoms with Crippen LogP contribution in [0.5, 0.6) is 0 Å². The maximum atomic E-state index is 13.1. The number of quaternary nitrogens is 1. The minimum atomic E-state index is -4.58. The molecule has 0 rings (SSSR count). The van der Waals surface area contributed by atoms with Crippen molar-refractivity contribution in [3.05, 3.63) is 36.5 Å². The number of nitrogens with zero attached hydrogens (tertiary/aromatic N) is 1. The van der Waals surface area contributed by atoms with Gasteiger partial charge in [0.25, 0.3) is 7.82 Å². The Hall–Kier alpha value is -1.28. The highest BCUT2D eigenvalue weighted by Crippen LogP contribution is 2.38. The zero-order chi connectivity index (χ0) is 66.9. The highest BCUT2D eigenvalue weighted by molar-refractivity contribution is 7.45. The molecule has 0 fully saturated rings. The zero-order valence-electron chi connectivity index (χ0n) is 62.8. The van der Waals surface area contributed by atoms with Gasteiger partial charge >= 0.3 is 0 Å². The van der Waals surface area contributed by atoms with Gasteiger partial charge in [-0.1, -0.05) is 416 Å². The monoisotopic (exact) mass is 1320 g/mol. The molecule has 0 aromatic rings. The fraction of sp³-hybridized carbons (Fsp3) is 0.916. The average Bonchev–Trinajstić information content (AvgIpc) is 2.63. The number of hydrogen-bond donors (Lipinski definition) is 2. The van der Waals surface area contributed by atoms with Crippen LogP contribution in [0.2, 0.25) is 0 Å². The second-order valence-corrected chi connectivity index (χ2v) is 31.3. The molecule has 9 heteroatoms. The van der Waals surface area contributed by atoms with E-state index in [0.717, 1.165) is 51.4 Å². The Balaban J connectivity index is 3.87. The van der Waals surface area contributed by atoms with Gasteiger partial charge in [0.1, 0.15) is 13.2 Å². The molecule has 8 nitrogen and oxygen atoms in total. The first kappa shape index (κ1) is 90.7. The van der Waals surface area contributed by atoms with Gasteiger partial charge in [-0.05, 0) is 51.4 Å². The zero-order valence-corrected chi connectivity index (χ0v) is 63.7. The van der Waals surface area contributed by atoms with Crippen LogP contribution in [0.4, 0.5) is 0 Å². The molecule has 0 spiro atoms. The van der Waals surface area contributed by atoms with Crippen LogP contribution in [-0.2, 0) is 18.4 Å². The average molecular weight is 1320 g/mol. The lowest BCUT2D eigenvalue weighted by Gasteiger charge is -2.30. The molecule has 1 amide bonds. The summed E-state index contributed by atoms with van der Waals surface area (Å²) in [5, 5.41) is 14.2.